The molecule has 0 bridgehead atoms. The molecule has 1 aromatic carbocycles. The van der Waals surface area contributed by atoms with E-state index in [2.05, 4.69) is 38.8 Å². The molecule has 2 atom stereocenters. The first kappa shape index (κ1) is 12.8. The summed E-state index contributed by atoms with van der Waals surface area (Å²) in [6.07, 6.45) is 3.04. The molecular formula is C12H12Br2ClF. The Morgan fingerprint density at radius 2 is 2.19 bits per heavy atom. The van der Waals surface area contributed by atoms with Crippen LogP contribution in [-0.2, 0) is 5.41 Å². The molecule has 0 nitrogen and oxygen atoms in total. The van der Waals surface area contributed by atoms with Crippen LogP contribution in [0.4, 0.5) is 4.39 Å². The fourth-order valence-corrected chi connectivity index (χ4v) is 3.82. The van der Waals surface area contributed by atoms with Gasteiger partial charge in [0, 0.05) is 9.30 Å². The molecular weight excluding hydrogens is 358 g/mol. The van der Waals surface area contributed by atoms with Gasteiger partial charge in [0.15, 0.2) is 0 Å². The summed E-state index contributed by atoms with van der Waals surface area (Å²) in [6, 6.07) is 3.67. The highest BCUT2D eigenvalue weighted by atomic mass is 79.9. The molecule has 2 unspecified atom stereocenters. The normalized spacial score (nSPS) is 29.7. The molecule has 0 heterocycles. The minimum atomic E-state index is -0.278. The van der Waals surface area contributed by atoms with Crippen LogP contribution in [0.5, 0.6) is 0 Å². The van der Waals surface area contributed by atoms with Crippen LogP contribution < -0.4 is 0 Å². The third-order valence-corrected chi connectivity index (χ3v) is 5.41. The van der Waals surface area contributed by atoms with Gasteiger partial charge in [-0.05, 0) is 52.2 Å². The standard InChI is InChI=1S/C12H12Br2ClF/c1-12(5-4-7(13)6-12)8-2-3-9(14)10(15)11(8)16/h2-3,7H,4-6H2,1H3. The minimum Gasteiger partial charge on any atom is -0.205 e. The van der Waals surface area contributed by atoms with Crippen LogP contribution in [0.3, 0.4) is 0 Å². The summed E-state index contributed by atoms with van der Waals surface area (Å²) in [5, 5.41) is 0.191. The van der Waals surface area contributed by atoms with Gasteiger partial charge in [-0.3, -0.25) is 0 Å². The van der Waals surface area contributed by atoms with Crippen LogP contribution in [0.1, 0.15) is 31.7 Å². The van der Waals surface area contributed by atoms with Gasteiger partial charge in [-0.25, -0.2) is 4.39 Å². The summed E-state index contributed by atoms with van der Waals surface area (Å²) < 4.78 is 14.7. The molecule has 0 spiro atoms. The summed E-state index contributed by atoms with van der Waals surface area (Å²) in [5.74, 6) is -0.278. The van der Waals surface area contributed by atoms with Gasteiger partial charge >= 0.3 is 0 Å². The molecule has 1 aromatic rings. The molecule has 1 saturated carbocycles. The average molecular weight is 370 g/mol. The Balaban J connectivity index is 2.45. The zero-order chi connectivity index (χ0) is 11.9. The second-order valence-electron chi connectivity index (χ2n) is 4.62. The first-order valence-corrected chi connectivity index (χ1v) is 7.31. The Labute approximate surface area is 117 Å². The monoisotopic (exact) mass is 368 g/mol. The predicted octanol–water partition coefficient (Wildman–Crippen LogP) is 5.45. The minimum absolute atomic E-state index is 0.0947. The van der Waals surface area contributed by atoms with E-state index in [0.29, 0.717) is 9.30 Å². The maximum absolute atomic E-state index is 14.1. The van der Waals surface area contributed by atoms with Gasteiger partial charge in [-0.15, -0.1) is 0 Å². The Bertz CT molecular complexity index is 422. The van der Waals surface area contributed by atoms with Crippen molar-refractivity contribution in [3.8, 4) is 0 Å². The van der Waals surface area contributed by atoms with E-state index in [1.807, 2.05) is 12.1 Å². The van der Waals surface area contributed by atoms with E-state index < -0.39 is 0 Å². The van der Waals surface area contributed by atoms with E-state index >= 15 is 0 Å². The van der Waals surface area contributed by atoms with Gasteiger partial charge in [0.25, 0.3) is 0 Å². The molecule has 0 aromatic heterocycles. The smallest absolute Gasteiger partial charge is 0.146 e. The van der Waals surface area contributed by atoms with Gasteiger partial charge in [0.2, 0.25) is 0 Å². The number of benzene rings is 1. The van der Waals surface area contributed by atoms with Crippen molar-refractivity contribution < 1.29 is 4.39 Å². The van der Waals surface area contributed by atoms with E-state index in [4.69, 9.17) is 11.6 Å². The zero-order valence-corrected chi connectivity index (χ0v) is 12.8. The summed E-state index contributed by atoms with van der Waals surface area (Å²) in [4.78, 5) is 0.485. The van der Waals surface area contributed by atoms with Crippen molar-refractivity contribution in [1.29, 1.82) is 0 Å². The molecule has 0 amide bonds. The molecule has 0 N–H and O–H groups in total. The van der Waals surface area contributed by atoms with E-state index in [1.54, 1.807) is 0 Å². The molecule has 16 heavy (non-hydrogen) atoms. The lowest BCUT2D eigenvalue weighted by Crippen LogP contribution is -2.20. The van der Waals surface area contributed by atoms with Gasteiger partial charge in [0.05, 0.1) is 5.02 Å². The van der Waals surface area contributed by atoms with E-state index in [0.717, 1.165) is 24.8 Å². The van der Waals surface area contributed by atoms with E-state index in [9.17, 15) is 4.39 Å². The van der Waals surface area contributed by atoms with Crippen molar-refractivity contribution in [2.45, 2.75) is 36.4 Å². The van der Waals surface area contributed by atoms with Gasteiger partial charge in [0.1, 0.15) is 5.82 Å². The van der Waals surface area contributed by atoms with E-state index in [-0.39, 0.29) is 16.3 Å². The number of alkyl halides is 1. The van der Waals surface area contributed by atoms with Gasteiger partial charge in [-0.1, -0.05) is 40.5 Å². The molecule has 0 aliphatic heterocycles. The quantitative estimate of drug-likeness (QED) is 0.456. The van der Waals surface area contributed by atoms with Gasteiger partial charge < -0.3 is 0 Å². The van der Waals surface area contributed by atoms with Crippen LogP contribution in [0.25, 0.3) is 0 Å². The molecule has 4 heteroatoms. The third-order valence-electron chi connectivity index (χ3n) is 3.37. The molecule has 0 saturated heterocycles. The number of hydrogen-bond acceptors (Lipinski definition) is 0. The molecule has 88 valence electrons. The topological polar surface area (TPSA) is 0 Å². The number of hydrogen-bond donors (Lipinski definition) is 0. The van der Waals surface area contributed by atoms with Crippen molar-refractivity contribution in [1.82, 2.24) is 0 Å². The SMILES string of the molecule is CC1(c2ccc(Br)c(Cl)c2F)CCC(Br)C1. The Morgan fingerprint density at radius 3 is 2.75 bits per heavy atom. The Morgan fingerprint density at radius 1 is 1.50 bits per heavy atom. The molecule has 1 fully saturated rings. The lowest BCUT2D eigenvalue weighted by Gasteiger charge is -2.25. The van der Waals surface area contributed by atoms with Gasteiger partial charge in [-0.2, -0.15) is 0 Å². The second-order valence-corrected chi connectivity index (χ2v) is 7.15. The summed E-state index contributed by atoms with van der Waals surface area (Å²) >= 11 is 12.8. The molecule has 0 radical (unpaired) electrons. The van der Waals surface area contributed by atoms with Crippen LogP contribution in [0.2, 0.25) is 5.02 Å². The van der Waals surface area contributed by atoms with Crippen molar-refractivity contribution in [3.05, 3.63) is 33.0 Å². The summed E-state index contributed by atoms with van der Waals surface area (Å²) in [7, 11) is 0. The Hall–Kier alpha value is 0.400. The highest BCUT2D eigenvalue weighted by molar-refractivity contribution is 9.10. The largest absolute Gasteiger partial charge is 0.205 e. The highest BCUT2D eigenvalue weighted by Gasteiger charge is 2.37. The first-order chi connectivity index (χ1) is 7.44. The molecule has 2 rings (SSSR count). The fourth-order valence-electron chi connectivity index (χ4n) is 2.40. The average Bonchev–Trinajstić information content (AvgIpc) is 2.56. The van der Waals surface area contributed by atoms with E-state index in [1.165, 1.54) is 0 Å². The number of halogens is 4. The second kappa shape index (κ2) is 4.58. The third kappa shape index (κ3) is 2.19. The molecule has 1 aliphatic carbocycles. The van der Waals surface area contributed by atoms with Crippen LogP contribution in [-0.4, -0.2) is 4.83 Å². The van der Waals surface area contributed by atoms with Crippen molar-refractivity contribution in [2.75, 3.05) is 0 Å². The van der Waals surface area contributed by atoms with Crippen LogP contribution in [0, 0.1) is 5.82 Å². The van der Waals surface area contributed by atoms with Crippen molar-refractivity contribution >= 4 is 43.5 Å². The first-order valence-electron chi connectivity index (χ1n) is 5.22. The lowest BCUT2D eigenvalue weighted by molar-refractivity contribution is 0.458. The zero-order valence-electron chi connectivity index (χ0n) is 8.87. The highest BCUT2D eigenvalue weighted by Crippen LogP contribution is 2.46. The maximum Gasteiger partial charge on any atom is 0.146 e. The van der Waals surface area contributed by atoms with Crippen molar-refractivity contribution in [2.24, 2.45) is 0 Å². The fraction of sp³-hybridized carbons (Fsp3) is 0.500. The van der Waals surface area contributed by atoms with Crippen molar-refractivity contribution in [3.63, 3.8) is 0 Å². The lowest BCUT2D eigenvalue weighted by atomic mass is 9.81. The van der Waals surface area contributed by atoms with Crippen LogP contribution >= 0.6 is 43.5 Å². The van der Waals surface area contributed by atoms with Crippen LogP contribution in [0.15, 0.2) is 16.6 Å². The Kier molecular flexibility index (Phi) is 3.68. The summed E-state index contributed by atoms with van der Waals surface area (Å²) in [6.45, 7) is 2.11. The number of rotatable bonds is 1. The predicted molar refractivity (Wildman–Crippen MR) is 73.0 cm³/mol. The maximum atomic E-state index is 14.1. The molecule has 1 aliphatic rings. The summed E-state index contributed by atoms with van der Waals surface area (Å²) in [5.41, 5.74) is 0.644.